The van der Waals surface area contributed by atoms with E-state index in [4.69, 9.17) is 11.5 Å². The summed E-state index contributed by atoms with van der Waals surface area (Å²) in [6, 6.07) is 0. The molecule has 120 valence electrons. The molecule has 3 unspecified atom stereocenters. The van der Waals surface area contributed by atoms with Gasteiger partial charge in [-0.05, 0) is 13.0 Å². The number of nitrogens with two attached hydrogens (primary N) is 2. The lowest BCUT2D eigenvalue weighted by molar-refractivity contribution is -0.178. The quantitative estimate of drug-likeness (QED) is 0.247. The van der Waals surface area contributed by atoms with Gasteiger partial charge in [0.25, 0.3) is 0 Å². The van der Waals surface area contributed by atoms with Crippen LogP contribution in [0.3, 0.4) is 0 Å². The average molecular weight is 302 g/mol. The SMILES string of the molecule is NCCCC(O)(O)c1cncc(C(O)C(O)C(O)CN)n1. The highest BCUT2D eigenvalue weighted by molar-refractivity contribution is 5.11. The third kappa shape index (κ3) is 4.64. The molecule has 0 aliphatic heterocycles. The molecular formula is C12H22N4O5. The molecule has 0 fully saturated rings. The van der Waals surface area contributed by atoms with Crippen LogP contribution >= 0.6 is 0 Å². The first-order valence-electron chi connectivity index (χ1n) is 6.55. The summed E-state index contributed by atoms with van der Waals surface area (Å²) in [6.45, 7) is 0.0335. The Balaban J connectivity index is 2.94. The van der Waals surface area contributed by atoms with Crippen LogP contribution in [-0.4, -0.2) is 60.8 Å². The van der Waals surface area contributed by atoms with Gasteiger partial charge in [0.15, 0.2) is 0 Å². The monoisotopic (exact) mass is 302 g/mol. The van der Waals surface area contributed by atoms with Crippen molar-refractivity contribution in [3.05, 3.63) is 23.8 Å². The van der Waals surface area contributed by atoms with Gasteiger partial charge in [-0.3, -0.25) is 4.98 Å². The molecule has 1 aromatic heterocycles. The number of aliphatic hydroxyl groups excluding tert-OH is 3. The summed E-state index contributed by atoms with van der Waals surface area (Å²) >= 11 is 0. The molecule has 1 heterocycles. The van der Waals surface area contributed by atoms with Gasteiger partial charge in [-0.15, -0.1) is 0 Å². The normalized spacial score (nSPS) is 16.5. The molecule has 0 saturated carbocycles. The molecule has 0 amide bonds. The lowest BCUT2D eigenvalue weighted by Crippen LogP contribution is -2.38. The Kier molecular flexibility index (Phi) is 6.55. The number of aliphatic hydroxyl groups is 5. The minimum Gasteiger partial charge on any atom is -0.389 e. The Labute approximate surface area is 121 Å². The number of rotatable bonds is 8. The highest BCUT2D eigenvalue weighted by Gasteiger charge is 2.31. The van der Waals surface area contributed by atoms with Gasteiger partial charge < -0.3 is 37.0 Å². The van der Waals surface area contributed by atoms with Crippen molar-refractivity contribution in [2.45, 2.75) is 36.9 Å². The molecule has 9 nitrogen and oxygen atoms in total. The second-order valence-electron chi connectivity index (χ2n) is 4.78. The zero-order valence-corrected chi connectivity index (χ0v) is 11.5. The number of aromatic nitrogens is 2. The second kappa shape index (κ2) is 7.71. The van der Waals surface area contributed by atoms with E-state index < -0.39 is 24.1 Å². The maximum absolute atomic E-state index is 9.91. The Bertz CT molecular complexity index is 445. The van der Waals surface area contributed by atoms with E-state index in [2.05, 4.69) is 9.97 Å². The first kappa shape index (κ1) is 17.9. The van der Waals surface area contributed by atoms with E-state index in [1.54, 1.807) is 0 Å². The predicted octanol–water partition coefficient (Wildman–Crippen LogP) is -2.93. The summed E-state index contributed by atoms with van der Waals surface area (Å²) in [7, 11) is 0. The van der Waals surface area contributed by atoms with Crippen LogP contribution in [0.25, 0.3) is 0 Å². The van der Waals surface area contributed by atoms with Crippen molar-refractivity contribution in [2.75, 3.05) is 13.1 Å². The summed E-state index contributed by atoms with van der Waals surface area (Å²) in [6.07, 6.45) is -1.85. The maximum Gasteiger partial charge on any atom is 0.208 e. The molecule has 0 aromatic carbocycles. The van der Waals surface area contributed by atoms with Gasteiger partial charge in [0.1, 0.15) is 17.9 Å². The van der Waals surface area contributed by atoms with E-state index in [1.165, 1.54) is 0 Å². The van der Waals surface area contributed by atoms with Crippen molar-refractivity contribution in [2.24, 2.45) is 11.5 Å². The molecule has 0 aliphatic rings. The summed E-state index contributed by atoms with van der Waals surface area (Å²) < 4.78 is 0. The first-order valence-corrected chi connectivity index (χ1v) is 6.55. The zero-order chi connectivity index (χ0) is 16.0. The van der Waals surface area contributed by atoms with Gasteiger partial charge in [-0.1, -0.05) is 0 Å². The van der Waals surface area contributed by atoms with Crippen LogP contribution in [0.4, 0.5) is 0 Å². The third-order valence-electron chi connectivity index (χ3n) is 3.06. The van der Waals surface area contributed by atoms with Gasteiger partial charge in [0.2, 0.25) is 5.79 Å². The molecule has 0 aliphatic carbocycles. The molecule has 9 N–H and O–H groups in total. The summed E-state index contributed by atoms with van der Waals surface area (Å²) in [5.41, 5.74) is 10.2. The van der Waals surface area contributed by atoms with Gasteiger partial charge in [-0.25, -0.2) is 4.98 Å². The molecule has 0 radical (unpaired) electrons. The number of hydrogen-bond donors (Lipinski definition) is 7. The summed E-state index contributed by atoms with van der Waals surface area (Å²) in [5.74, 6) is -2.24. The fourth-order valence-corrected chi connectivity index (χ4v) is 1.72. The van der Waals surface area contributed by atoms with Crippen molar-refractivity contribution in [3.8, 4) is 0 Å². The van der Waals surface area contributed by atoms with E-state index in [-0.39, 0.29) is 30.9 Å². The molecule has 3 atom stereocenters. The topological polar surface area (TPSA) is 179 Å². The van der Waals surface area contributed by atoms with Gasteiger partial charge >= 0.3 is 0 Å². The maximum atomic E-state index is 9.91. The molecule has 0 saturated heterocycles. The Morgan fingerprint density at radius 2 is 1.81 bits per heavy atom. The molecule has 0 bridgehead atoms. The van der Waals surface area contributed by atoms with Crippen LogP contribution in [-0.2, 0) is 5.79 Å². The number of hydrogen-bond acceptors (Lipinski definition) is 9. The molecular weight excluding hydrogens is 280 g/mol. The summed E-state index contributed by atoms with van der Waals surface area (Å²) in [5, 5.41) is 48.8. The zero-order valence-electron chi connectivity index (χ0n) is 11.5. The number of nitrogens with zero attached hydrogens (tertiary/aromatic N) is 2. The van der Waals surface area contributed by atoms with E-state index in [9.17, 15) is 25.5 Å². The minimum absolute atomic E-state index is 0.0499. The average Bonchev–Trinajstić information content (AvgIpc) is 2.50. The van der Waals surface area contributed by atoms with Crippen LogP contribution in [0.15, 0.2) is 12.4 Å². The Morgan fingerprint density at radius 1 is 1.14 bits per heavy atom. The largest absolute Gasteiger partial charge is 0.389 e. The Hall–Kier alpha value is -1.20. The van der Waals surface area contributed by atoms with Gasteiger partial charge in [0.05, 0.1) is 24.2 Å². The molecule has 1 aromatic rings. The fourth-order valence-electron chi connectivity index (χ4n) is 1.72. The molecule has 0 spiro atoms. The van der Waals surface area contributed by atoms with E-state index in [0.717, 1.165) is 12.4 Å². The van der Waals surface area contributed by atoms with E-state index in [0.29, 0.717) is 6.42 Å². The second-order valence-corrected chi connectivity index (χ2v) is 4.78. The lowest BCUT2D eigenvalue weighted by Gasteiger charge is -2.24. The highest BCUT2D eigenvalue weighted by Crippen LogP contribution is 2.23. The molecule has 1 rings (SSSR count). The highest BCUT2D eigenvalue weighted by atomic mass is 16.5. The van der Waals surface area contributed by atoms with Crippen molar-refractivity contribution < 1.29 is 25.5 Å². The van der Waals surface area contributed by atoms with Crippen LogP contribution in [0.1, 0.15) is 30.3 Å². The minimum atomic E-state index is -2.24. The van der Waals surface area contributed by atoms with Crippen LogP contribution < -0.4 is 11.5 Å². The van der Waals surface area contributed by atoms with Gasteiger partial charge in [0, 0.05) is 13.0 Å². The summed E-state index contributed by atoms with van der Waals surface area (Å²) in [4.78, 5) is 7.62. The van der Waals surface area contributed by atoms with Crippen LogP contribution in [0, 0.1) is 0 Å². The third-order valence-corrected chi connectivity index (χ3v) is 3.06. The van der Waals surface area contributed by atoms with Crippen LogP contribution in [0.2, 0.25) is 0 Å². The predicted molar refractivity (Wildman–Crippen MR) is 72.5 cm³/mol. The smallest absolute Gasteiger partial charge is 0.208 e. The van der Waals surface area contributed by atoms with Crippen molar-refractivity contribution in [1.82, 2.24) is 9.97 Å². The van der Waals surface area contributed by atoms with Gasteiger partial charge in [-0.2, -0.15) is 0 Å². The van der Waals surface area contributed by atoms with E-state index >= 15 is 0 Å². The van der Waals surface area contributed by atoms with Crippen molar-refractivity contribution in [1.29, 1.82) is 0 Å². The first-order chi connectivity index (χ1) is 9.83. The van der Waals surface area contributed by atoms with Crippen molar-refractivity contribution in [3.63, 3.8) is 0 Å². The van der Waals surface area contributed by atoms with Crippen molar-refractivity contribution >= 4 is 0 Å². The van der Waals surface area contributed by atoms with Crippen LogP contribution in [0.5, 0.6) is 0 Å². The fraction of sp³-hybridized carbons (Fsp3) is 0.667. The lowest BCUT2D eigenvalue weighted by atomic mass is 10.0. The Morgan fingerprint density at radius 3 is 2.38 bits per heavy atom. The molecule has 21 heavy (non-hydrogen) atoms. The van der Waals surface area contributed by atoms with E-state index in [1.807, 2.05) is 0 Å². The standard InChI is InChI=1S/C12H22N4O5/c13-3-1-2-12(20,21)9-6-15-5-7(16-9)10(18)11(19)8(17)4-14/h5-6,8,10-11,17-21H,1-4,13-14H2. The molecule has 9 heteroatoms.